The molecule has 1 aliphatic carbocycles. The Bertz CT molecular complexity index is 563. The van der Waals surface area contributed by atoms with Crippen LogP contribution in [0.15, 0.2) is 18.2 Å². The van der Waals surface area contributed by atoms with Gasteiger partial charge in [-0.2, -0.15) is 0 Å². The number of thiazole rings is 1. The molecule has 2 aromatic rings. The van der Waals surface area contributed by atoms with Gasteiger partial charge >= 0.3 is 0 Å². The van der Waals surface area contributed by atoms with Crippen LogP contribution in [0.3, 0.4) is 0 Å². The second kappa shape index (κ2) is 4.43. The second-order valence-electron chi connectivity index (χ2n) is 5.41. The third kappa shape index (κ3) is 2.05. The van der Waals surface area contributed by atoms with E-state index in [1.165, 1.54) is 12.8 Å². The Balaban J connectivity index is 1.83. The Kier molecular flexibility index (Phi) is 2.90. The van der Waals surface area contributed by atoms with Crippen LogP contribution in [0, 0.1) is 11.8 Å². The predicted molar refractivity (Wildman–Crippen MR) is 79.0 cm³/mol. The Morgan fingerprint density at radius 3 is 2.89 bits per heavy atom. The molecule has 18 heavy (non-hydrogen) atoms. The molecular formula is C14H19N3S. The molecule has 1 aromatic carbocycles. The second-order valence-corrected chi connectivity index (χ2v) is 6.44. The number of aromatic nitrogens is 1. The molecule has 1 aliphatic rings. The van der Waals surface area contributed by atoms with Crippen LogP contribution in [0.2, 0.25) is 0 Å². The maximum Gasteiger partial charge on any atom is 0.184 e. The zero-order chi connectivity index (χ0) is 12.7. The quantitative estimate of drug-likeness (QED) is 0.810. The number of hydrogen-bond donors (Lipinski definition) is 2. The molecule has 3 N–H and O–H groups in total. The highest BCUT2D eigenvalue weighted by Gasteiger charge is 2.30. The van der Waals surface area contributed by atoms with Crippen molar-refractivity contribution in [3.05, 3.63) is 18.2 Å². The highest BCUT2D eigenvalue weighted by atomic mass is 32.1. The standard InChI is InChI=1S/C14H19N3S/c1-8-3-5-11(9(8)2)16-14-17-12-6-4-10(15)7-13(12)18-14/h4,6-9,11H,3,5,15H2,1-2H3,(H,16,17). The molecule has 0 bridgehead atoms. The molecule has 0 radical (unpaired) electrons. The third-order valence-electron chi connectivity index (χ3n) is 4.19. The van der Waals surface area contributed by atoms with Crippen molar-refractivity contribution in [2.24, 2.45) is 11.8 Å². The van der Waals surface area contributed by atoms with E-state index in [1.807, 2.05) is 18.2 Å². The molecule has 1 fully saturated rings. The van der Waals surface area contributed by atoms with Crippen LogP contribution < -0.4 is 11.1 Å². The van der Waals surface area contributed by atoms with Crippen LogP contribution in [0.5, 0.6) is 0 Å². The van der Waals surface area contributed by atoms with Gasteiger partial charge in [0, 0.05) is 11.7 Å². The molecule has 3 rings (SSSR count). The number of fused-ring (bicyclic) bond motifs is 1. The van der Waals surface area contributed by atoms with Gasteiger partial charge in [-0.3, -0.25) is 0 Å². The first-order valence-electron chi connectivity index (χ1n) is 6.56. The maximum absolute atomic E-state index is 5.80. The summed E-state index contributed by atoms with van der Waals surface area (Å²) in [5.41, 5.74) is 7.64. The lowest BCUT2D eigenvalue weighted by atomic mass is 9.98. The van der Waals surface area contributed by atoms with Gasteiger partial charge in [-0.25, -0.2) is 4.98 Å². The molecule has 0 spiro atoms. The van der Waals surface area contributed by atoms with Gasteiger partial charge in [0.1, 0.15) is 0 Å². The van der Waals surface area contributed by atoms with Gasteiger partial charge in [-0.1, -0.05) is 25.2 Å². The van der Waals surface area contributed by atoms with E-state index >= 15 is 0 Å². The normalized spacial score (nSPS) is 27.8. The summed E-state index contributed by atoms with van der Waals surface area (Å²) in [4.78, 5) is 4.63. The van der Waals surface area contributed by atoms with E-state index in [2.05, 4.69) is 24.1 Å². The molecule has 1 heterocycles. The number of anilines is 2. The van der Waals surface area contributed by atoms with E-state index in [9.17, 15) is 0 Å². The fourth-order valence-corrected chi connectivity index (χ4v) is 3.71. The number of benzene rings is 1. The highest BCUT2D eigenvalue weighted by molar-refractivity contribution is 7.22. The van der Waals surface area contributed by atoms with Crippen molar-refractivity contribution in [2.45, 2.75) is 32.7 Å². The van der Waals surface area contributed by atoms with Crippen LogP contribution in [-0.2, 0) is 0 Å². The molecule has 3 nitrogen and oxygen atoms in total. The fourth-order valence-electron chi connectivity index (χ4n) is 2.73. The summed E-state index contributed by atoms with van der Waals surface area (Å²) in [7, 11) is 0. The number of hydrogen-bond acceptors (Lipinski definition) is 4. The summed E-state index contributed by atoms with van der Waals surface area (Å²) in [5, 5.41) is 4.63. The van der Waals surface area contributed by atoms with Crippen LogP contribution in [0.1, 0.15) is 26.7 Å². The Labute approximate surface area is 111 Å². The molecule has 4 heteroatoms. The maximum atomic E-state index is 5.80. The Morgan fingerprint density at radius 2 is 2.17 bits per heavy atom. The van der Waals surface area contributed by atoms with Gasteiger partial charge in [0.2, 0.25) is 0 Å². The molecule has 0 saturated heterocycles. The lowest BCUT2D eigenvalue weighted by molar-refractivity contribution is 0.435. The molecule has 96 valence electrons. The topological polar surface area (TPSA) is 50.9 Å². The first kappa shape index (κ1) is 11.8. The van der Waals surface area contributed by atoms with Crippen molar-refractivity contribution in [1.82, 2.24) is 4.98 Å². The van der Waals surface area contributed by atoms with Crippen LogP contribution in [0.25, 0.3) is 10.2 Å². The Hall–Kier alpha value is -1.29. The van der Waals surface area contributed by atoms with Crippen molar-refractivity contribution < 1.29 is 0 Å². The highest BCUT2D eigenvalue weighted by Crippen LogP contribution is 2.35. The van der Waals surface area contributed by atoms with Crippen molar-refractivity contribution in [3.8, 4) is 0 Å². The van der Waals surface area contributed by atoms with E-state index in [4.69, 9.17) is 5.73 Å². The zero-order valence-electron chi connectivity index (χ0n) is 10.8. The van der Waals surface area contributed by atoms with Crippen molar-refractivity contribution in [3.63, 3.8) is 0 Å². The first-order valence-corrected chi connectivity index (χ1v) is 7.38. The smallest absolute Gasteiger partial charge is 0.184 e. The Morgan fingerprint density at radius 1 is 1.33 bits per heavy atom. The van der Waals surface area contributed by atoms with E-state index in [0.717, 1.165) is 32.9 Å². The molecule has 1 saturated carbocycles. The number of nitrogens with two attached hydrogens (primary N) is 1. The van der Waals surface area contributed by atoms with E-state index < -0.39 is 0 Å². The minimum atomic E-state index is 0.568. The minimum absolute atomic E-state index is 0.568. The molecule has 1 aromatic heterocycles. The number of rotatable bonds is 2. The summed E-state index contributed by atoms with van der Waals surface area (Å²) in [5.74, 6) is 1.54. The summed E-state index contributed by atoms with van der Waals surface area (Å²) in [6, 6.07) is 6.47. The molecule has 0 amide bonds. The first-order chi connectivity index (χ1) is 8.63. The SMILES string of the molecule is CC1CCC(Nc2nc3ccc(N)cc3s2)C1C. The summed E-state index contributed by atoms with van der Waals surface area (Å²) >= 11 is 1.70. The third-order valence-corrected chi connectivity index (χ3v) is 5.14. The van der Waals surface area contributed by atoms with Crippen LogP contribution in [0.4, 0.5) is 10.8 Å². The lowest BCUT2D eigenvalue weighted by Crippen LogP contribution is -2.23. The van der Waals surface area contributed by atoms with E-state index in [0.29, 0.717) is 6.04 Å². The molecule has 3 unspecified atom stereocenters. The molecular weight excluding hydrogens is 242 g/mol. The number of nitrogen functional groups attached to an aromatic ring is 1. The summed E-state index contributed by atoms with van der Waals surface area (Å²) < 4.78 is 1.16. The number of nitrogens with one attached hydrogen (secondary N) is 1. The largest absolute Gasteiger partial charge is 0.399 e. The van der Waals surface area contributed by atoms with Gasteiger partial charge in [-0.05, 0) is 42.9 Å². The fraction of sp³-hybridized carbons (Fsp3) is 0.500. The predicted octanol–water partition coefficient (Wildman–Crippen LogP) is 3.73. The molecule has 3 atom stereocenters. The lowest BCUT2D eigenvalue weighted by Gasteiger charge is -2.18. The zero-order valence-corrected chi connectivity index (χ0v) is 11.6. The van der Waals surface area contributed by atoms with Gasteiger partial charge in [-0.15, -0.1) is 0 Å². The number of nitrogens with zero attached hydrogens (tertiary/aromatic N) is 1. The van der Waals surface area contributed by atoms with Crippen molar-refractivity contribution in [2.75, 3.05) is 11.1 Å². The monoisotopic (exact) mass is 261 g/mol. The van der Waals surface area contributed by atoms with Gasteiger partial charge in [0.15, 0.2) is 5.13 Å². The van der Waals surface area contributed by atoms with Gasteiger partial charge in [0.25, 0.3) is 0 Å². The van der Waals surface area contributed by atoms with Crippen LogP contribution >= 0.6 is 11.3 Å². The van der Waals surface area contributed by atoms with E-state index in [-0.39, 0.29) is 0 Å². The molecule has 0 aliphatic heterocycles. The minimum Gasteiger partial charge on any atom is -0.399 e. The summed E-state index contributed by atoms with van der Waals surface area (Å²) in [6.07, 6.45) is 2.57. The van der Waals surface area contributed by atoms with Crippen LogP contribution in [-0.4, -0.2) is 11.0 Å². The average molecular weight is 261 g/mol. The van der Waals surface area contributed by atoms with Gasteiger partial charge in [0.05, 0.1) is 10.2 Å². The van der Waals surface area contributed by atoms with Crippen molar-refractivity contribution in [1.29, 1.82) is 0 Å². The average Bonchev–Trinajstić information content (AvgIpc) is 2.86. The van der Waals surface area contributed by atoms with E-state index in [1.54, 1.807) is 11.3 Å². The summed E-state index contributed by atoms with van der Waals surface area (Å²) in [6.45, 7) is 4.67. The van der Waals surface area contributed by atoms with Crippen molar-refractivity contribution >= 4 is 32.4 Å². The van der Waals surface area contributed by atoms with Gasteiger partial charge < -0.3 is 11.1 Å².